The Morgan fingerprint density at radius 1 is 0.846 bits per heavy atom. The van der Waals surface area contributed by atoms with Gasteiger partial charge in [-0.15, -0.1) is 0 Å². The Balaban J connectivity index is 1.59. The van der Waals surface area contributed by atoms with Gasteiger partial charge in [0.15, 0.2) is 0 Å². The monoisotopic (exact) mass is 361 g/mol. The molecule has 0 radical (unpaired) electrons. The van der Waals surface area contributed by atoms with Gasteiger partial charge in [-0.25, -0.2) is 0 Å². The second-order valence-electron chi connectivity index (χ2n) is 7.14. The van der Waals surface area contributed by atoms with Crippen LogP contribution in [0.4, 0.5) is 0 Å². The first-order valence-electron chi connectivity index (χ1n) is 9.40. The molecular weight excluding hydrogens is 338 g/mol. The molecule has 0 saturated heterocycles. The standard InChI is InChI=1S/C24H24ClN/c25-23-13-7-5-11-20(23)16-21-15-14-19-10-4-6-12-22(19)24(21)26-17-18-8-2-1-3-9-18/h1-13,21,24,26H,14-17H2. The summed E-state index contributed by atoms with van der Waals surface area (Å²) in [6.07, 6.45) is 3.35. The Bertz CT molecular complexity index is 859. The Labute approximate surface area is 161 Å². The van der Waals surface area contributed by atoms with E-state index in [0.717, 1.165) is 24.4 Å². The topological polar surface area (TPSA) is 12.0 Å². The van der Waals surface area contributed by atoms with Gasteiger partial charge in [0.1, 0.15) is 0 Å². The Morgan fingerprint density at radius 2 is 1.58 bits per heavy atom. The van der Waals surface area contributed by atoms with Gasteiger partial charge < -0.3 is 5.32 Å². The van der Waals surface area contributed by atoms with Crippen molar-refractivity contribution in [3.63, 3.8) is 0 Å². The van der Waals surface area contributed by atoms with E-state index in [9.17, 15) is 0 Å². The first-order valence-corrected chi connectivity index (χ1v) is 9.77. The van der Waals surface area contributed by atoms with E-state index in [2.05, 4.69) is 72.0 Å². The number of fused-ring (bicyclic) bond motifs is 1. The molecule has 0 aromatic heterocycles. The van der Waals surface area contributed by atoms with E-state index >= 15 is 0 Å². The average Bonchev–Trinajstić information content (AvgIpc) is 2.69. The van der Waals surface area contributed by atoms with Gasteiger partial charge in [0.05, 0.1) is 0 Å². The third-order valence-corrected chi connectivity index (χ3v) is 5.82. The number of halogens is 1. The van der Waals surface area contributed by atoms with Crippen LogP contribution in [0.25, 0.3) is 0 Å². The van der Waals surface area contributed by atoms with Crippen molar-refractivity contribution in [3.8, 4) is 0 Å². The lowest BCUT2D eigenvalue weighted by Gasteiger charge is -2.35. The molecule has 0 fully saturated rings. The van der Waals surface area contributed by atoms with Crippen LogP contribution in [0.2, 0.25) is 5.02 Å². The van der Waals surface area contributed by atoms with Crippen LogP contribution < -0.4 is 5.32 Å². The number of hydrogen-bond donors (Lipinski definition) is 1. The third kappa shape index (κ3) is 3.85. The van der Waals surface area contributed by atoms with Crippen molar-refractivity contribution < 1.29 is 0 Å². The highest BCUT2D eigenvalue weighted by Crippen LogP contribution is 2.37. The van der Waals surface area contributed by atoms with Crippen molar-refractivity contribution in [2.75, 3.05) is 0 Å². The summed E-state index contributed by atoms with van der Waals surface area (Å²) in [6.45, 7) is 0.888. The summed E-state index contributed by atoms with van der Waals surface area (Å²) in [5.74, 6) is 0.550. The second kappa shape index (κ2) is 8.07. The minimum Gasteiger partial charge on any atom is -0.306 e. The van der Waals surface area contributed by atoms with E-state index in [1.807, 2.05) is 12.1 Å². The summed E-state index contributed by atoms with van der Waals surface area (Å²) < 4.78 is 0. The van der Waals surface area contributed by atoms with Crippen LogP contribution in [0.1, 0.15) is 34.7 Å². The highest BCUT2D eigenvalue weighted by molar-refractivity contribution is 6.31. The van der Waals surface area contributed by atoms with Gasteiger partial charge in [0, 0.05) is 17.6 Å². The Hall–Kier alpha value is -2.09. The molecule has 3 aromatic carbocycles. The van der Waals surface area contributed by atoms with Crippen molar-refractivity contribution in [2.24, 2.45) is 5.92 Å². The van der Waals surface area contributed by atoms with Gasteiger partial charge in [0.25, 0.3) is 0 Å². The zero-order valence-electron chi connectivity index (χ0n) is 14.9. The average molecular weight is 362 g/mol. The quantitative estimate of drug-likeness (QED) is 0.589. The van der Waals surface area contributed by atoms with Crippen molar-refractivity contribution in [2.45, 2.75) is 31.8 Å². The summed E-state index contributed by atoms with van der Waals surface area (Å²) in [4.78, 5) is 0. The highest BCUT2D eigenvalue weighted by atomic mass is 35.5. The minimum atomic E-state index is 0.358. The number of hydrogen-bond acceptors (Lipinski definition) is 1. The van der Waals surface area contributed by atoms with E-state index in [1.54, 1.807) is 0 Å². The van der Waals surface area contributed by atoms with Crippen LogP contribution in [0.5, 0.6) is 0 Å². The number of rotatable bonds is 5. The summed E-state index contributed by atoms with van der Waals surface area (Å²) in [5.41, 5.74) is 5.51. The SMILES string of the molecule is Clc1ccccc1CC1CCc2ccccc2C1NCc1ccccc1. The van der Waals surface area contributed by atoms with Crippen molar-refractivity contribution >= 4 is 11.6 Å². The maximum atomic E-state index is 6.44. The molecular formula is C24H24ClN. The number of nitrogens with one attached hydrogen (secondary N) is 1. The second-order valence-corrected chi connectivity index (χ2v) is 7.54. The fourth-order valence-corrected chi connectivity index (χ4v) is 4.31. The predicted octanol–water partition coefficient (Wildman–Crippen LogP) is 5.98. The van der Waals surface area contributed by atoms with E-state index in [-0.39, 0.29) is 0 Å². The third-order valence-electron chi connectivity index (χ3n) is 5.45. The largest absolute Gasteiger partial charge is 0.306 e. The lowest BCUT2D eigenvalue weighted by Crippen LogP contribution is -2.33. The Morgan fingerprint density at radius 3 is 2.42 bits per heavy atom. The van der Waals surface area contributed by atoms with E-state index in [1.165, 1.54) is 28.7 Å². The normalized spacial score (nSPS) is 19.1. The molecule has 0 spiro atoms. The molecule has 0 amide bonds. The summed E-state index contributed by atoms with van der Waals surface area (Å²) >= 11 is 6.44. The molecule has 1 N–H and O–H groups in total. The zero-order valence-corrected chi connectivity index (χ0v) is 15.6. The molecule has 0 aliphatic heterocycles. The molecule has 2 atom stereocenters. The Kier molecular flexibility index (Phi) is 5.38. The maximum Gasteiger partial charge on any atom is 0.0438 e. The van der Waals surface area contributed by atoms with Crippen molar-refractivity contribution in [1.29, 1.82) is 0 Å². The first-order chi connectivity index (χ1) is 12.8. The van der Waals surface area contributed by atoms with Crippen LogP contribution >= 0.6 is 11.6 Å². The van der Waals surface area contributed by atoms with Gasteiger partial charge in [-0.2, -0.15) is 0 Å². The van der Waals surface area contributed by atoms with Gasteiger partial charge in [-0.05, 0) is 53.5 Å². The number of benzene rings is 3. The number of aryl methyl sites for hydroxylation is 1. The molecule has 1 nitrogen and oxygen atoms in total. The van der Waals surface area contributed by atoms with E-state index in [4.69, 9.17) is 11.6 Å². The molecule has 2 unspecified atom stereocenters. The maximum absolute atomic E-state index is 6.44. The minimum absolute atomic E-state index is 0.358. The molecule has 0 bridgehead atoms. The lowest BCUT2D eigenvalue weighted by atomic mass is 9.77. The molecule has 0 saturated carbocycles. The van der Waals surface area contributed by atoms with Gasteiger partial charge >= 0.3 is 0 Å². The van der Waals surface area contributed by atoms with Crippen LogP contribution in [0.15, 0.2) is 78.9 Å². The smallest absolute Gasteiger partial charge is 0.0438 e. The molecule has 4 rings (SSSR count). The van der Waals surface area contributed by atoms with Crippen LogP contribution in [-0.4, -0.2) is 0 Å². The molecule has 0 heterocycles. The molecule has 26 heavy (non-hydrogen) atoms. The lowest BCUT2D eigenvalue weighted by molar-refractivity contribution is 0.317. The summed E-state index contributed by atoms with van der Waals surface area (Å²) in [5, 5.41) is 4.72. The van der Waals surface area contributed by atoms with Gasteiger partial charge in [-0.3, -0.25) is 0 Å². The molecule has 1 aliphatic carbocycles. The fraction of sp³-hybridized carbons (Fsp3) is 0.250. The van der Waals surface area contributed by atoms with Crippen molar-refractivity contribution in [1.82, 2.24) is 5.32 Å². The highest BCUT2D eigenvalue weighted by Gasteiger charge is 2.29. The predicted molar refractivity (Wildman–Crippen MR) is 109 cm³/mol. The molecule has 1 aliphatic rings. The van der Waals surface area contributed by atoms with Crippen LogP contribution in [0, 0.1) is 5.92 Å². The van der Waals surface area contributed by atoms with Gasteiger partial charge in [0.2, 0.25) is 0 Å². The van der Waals surface area contributed by atoms with Gasteiger partial charge in [-0.1, -0.05) is 84.4 Å². The first kappa shape index (κ1) is 17.3. The van der Waals surface area contributed by atoms with Crippen LogP contribution in [-0.2, 0) is 19.4 Å². The zero-order chi connectivity index (χ0) is 17.8. The summed E-state index contributed by atoms with van der Waals surface area (Å²) in [6, 6.07) is 28.1. The van der Waals surface area contributed by atoms with Crippen molar-refractivity contribution in [3.05, 3.63) is 106 Å². The summed E-state index contributed by atoms with van der Waals surface area (Å²) in [7, 11) is 0. The fourth-order valence-electron chi connectivity index (χ4n) is 4.09. The van der Waals surface area contributed by atoms with Crippen LogP contribution in [0.3, 0.4) is 0 Å². The van der Waals surface area contributed by atoms with E-state index < -0.39 is 0 Å². The molecule has 2 heteroatoms. The molecule has 132 valence electrons. The molecule has 3 aromatic rings. The van der Waals surface area contributed by atoms with E-state index in [0.29, 0.717) is 12.0 Å².